The number of rotatable bonds is 16. The number of halogens is 2. The molecule has 0 heterocycles. The number of primary sulfonamides is 1. The van der Waals surface area contributed by atoms with Crippen molar-refractivity contribution in [1.82, 2.24) is 20.7 Å². The number of hydrazine groups is 1. The smallest absolute Gasteiger partial charge is 0.237 e. The summed E-state index contributed by atoms with van der Waals surface area (Å²) in [6, 6.07) is -0.925. The van der Waals surface area contributed by atoms with Gasteiger partial charge in [-0.25, -0.2) is 27.3 Å². The number of amides is 3. The Morgan fingerprint density at radius 1 is 0.851 bits per heavy atom. The third-order valence-electron chi connectivity index (χ3n) is 10.2. The predicted molar refractivity (Wildman–Crippen MR) is 177 cm³/mol. The fourth-order valence-corrected chi connectivity index (χ4v) is 8.75. The van der Waals surface area contributed by atoms with E-state index in [2.05, 4.69) is 10.7 Å². The zero-order chi connectivity index (χ0) is 34.7. The van der Waals surface area contributed by atoms with Crippen LogP contribution >= 0.6 is 0 Å². The van der Waals surface area contributed by atoms with Crippen molar-refractivity contribution in [3.63, 3.8) is 0 Å². The van der Waals surface area contributed by atoms with Crippen molar-refractivity contribution in [3.05, 3.63) is 0 Å². The summed E-state index contributed by atoms with van der Waals surface area (Å²) in [6.45, 7) is 7.13. The molecule has 3 aliphatic carbocycles. The Morgan fingerprint density at radius 2 is 1.45 bits per heavy atom. The average molecular weight is 692 g/mol. The van der Waals surface area contributed by atoms with Gasteiger partial charge in [-0.1, -0.05) is 40.0 Å². The zero-order valence-corrected chi connectivity index (χ0v) is 29.4. The van der Waals surface area contributed by atoms with Gasteiger partial charge < -0.3 is 15.3 Å². The van der Waals surface area contributed by atoms with Crippen LogP contribution in [0.2, 0.25) is 0 Å². The molecule has 272 valence electrons. The number of nitrogens with two attached hydrogens (primary N) is 1. The predicted octanol–water partition coefficient (Wildman–Crippen LogP) is 3.35. The molecule has 7 atom stereocenters. The highest BCUT2D eigenvalue weighted by atomic mass is 32.2. The molecule has 0 aromatic rings. The molecule has 7 unspecified atom stereocenters. The normalized spacial score (nSPS) is 28.8. The fourth-order valence-electron chi connectivity index (χ4n) is 7.75. The summed E-state index contributed by atoms with van der Waals surface area (Å²) in [7, 11) is -4.06. The van der Waals surface area contributed by atoms with Crippen molar-refractivity contribution in [2.24, 2.45) is 28.8 Å². The van der Waals surface area contributed by atoms with Gasteiger partial charge in [0.15, 0.2) is 0 Å². The van der Waals surface area contributed by atoms with Crippen molar-refractivity contribution >= 4 is 27.7 Å². The van der Waals surface area contributed by atoms with Gasteiger partial charge in [0.1, 0.15) is 12.3 Å². The molecule has 5 N–H and O–H groups in total. The Kier molecular flexibility index (Phi) is 15.8. The summed E-state index contributed by atoms with van der Waals surface area (Å²) in [5, 5.41) is 20.4. The van der Waals surface area contributed by atoms with Crippen LogP contribution in [0.3, 0.4) is 0 Å². The molecule has 0 radical (unpaired) electrons. The summed E-state index contributed by atoms with van der Waals surface area (Å²) in [6.07, 6.45) is 2.53. The first-order valence-corrected chi connectivity index (χ1v) is 19.5. The van der Waals surface area contributed by atoms with Crippen molar-refractivity contribution in [1.29, 1.82) is 0 Å². The average Bonchev–Trinajstić information content (AvgIpc) is 3.02. The molecular formula is C33H59F2N5O6S. The summed E-state index contributed by atoms with van der Waals surface area (Å²) in [5.41, 5.74) is 2.91. The van der Waals surface area contributed by atoms with Crippen molar-refractivity contribution in [2.45, 2.75) is 140 Å². The molecule has 0 aliphatic heterocycles. The van der Waals surface area contributed by atoms with Crippen molar-refractivity contribution in [3.8, 4) is 0 Å². The fraction of sp³-hybridized carbons (Fsp3) is 0.909. The van der Waals surface area contributed by atoms with E-state index < -0.39 is 63.4 Å². The molecule has 0 aromatic heterocycles. The van der Waals surface area contributed by atoms with Crippen LogP contribution in [0, 0.1) is 23.7 Å². The maximum atomic E-state index is 14.4. The van der Waals surface area contributed by atoms with Crippen LogP contribution in [0.15, 0.2) is 0 Å². The molecule has 0 spiro atoms. The van der Waals surface area contributed by atoms with E-state index in [9.17, 15) is 36.7 Å². The lowest BCUT2D eigenvalue weighted by Crippen LogP contribution is -2.55. The minimum absolute atomic E-state index is 0.0285. The highest BCUT2D eigenvalue weighted by molar-refractivity contribution is 7.89. The summed E-state index contributed by atoms with van der Waals surface area (Å²) < 4.78 is 53.8. The minimum Gasteiger partial charge on any atom is -0.390 e. The third kappa shape index (κ3) is 12.2. The van der Waals surface area contributed by atoms with E-state index in [4.69, 9.17) is 5.14 Å². The summed E-state index contributed by atoms with van der Waals surface area (Å²) >= 11 is 0. The lowest BCUT2D eigenvalue weighted by Gasteiger charge is -2.37. The van der Waals surface area contributed by atoms with E-state index in [0.717, 1.165) is 44.9 Å². The van der Waals surface area contributed by atoms with Gasteiger partial charge in [0.05, 0.1) is 17.4 Å². The number of nitrogens with one attached hydrogen (secondary N) is 2. The van der Waals surface area contributed by atoms with E-state index in [1.54, 1.807) is 9.91 Å². The Labute approximate surface area is 280 Å². The van der Waals surface area contributed by atoms with Crippen molar-refractivity contribution < 1.29 is 36.7 Å². The van der Waals surface area contributed by atoms with Gasteiger partial charge in [-0.3, -0.25) is 19.8 Å². The first-order chi connectivity index (χ1) is 22.2. The van der Waals surface area contributed by atoms with Gasteiger partial charge in [-0.05, 0) is 70.1 Å². The number of carbonyl (C=O) groups is 3. The first kappa shape index (κ1) is 39.5. The molecule has 3 rings (SSSR count). The maximum absolute atomic E-state index is 14.4. The number of carbonyl (C=O) groups excluding carboxylic acids is 3. The van der Waals surface area contributed by atoms with Crippen LogP contribution in [0.25, 0.3) is 0 Å². The number of likely N-dealkylation sites (N-methyl/N-ethyl adjacent to an activating group) is 1. The highest BCUT2D eigenvalue weighted by Gasteiger charge is 2.43. The number of hydrogen-bond acceptors (Lipinski definition) is 7. The van der Waals surface area contributed by atoms with Gasteiger partial charge in [0, 0.05) is 50.4 Å². The molecule has 0 bridgehead atoms. The van der Waals surface area contributed by atoms with E-state index in [1.807, 2.05) is 20.8 Å². The number of aliphatic hydroxyl groups excluding tert-OH is 1. The van der Waals surface area contributed by atoms with E-state index in [-0.39, 0.29) is 69.2 Å². The Balaban J connectivity index is 1.79. The molecule has 11 nitrogen and oxygen atoms in total. The number of aliphatic hydroxyl groups is 1. The molecule has 3 aliphatic rings. The van der Waals surface area contributed by atoms with Crippen LogP contribution in [0.4, 0.5) is 8.78 Å². The number of alkyl halides is 2. The molecule has 47 heavy (non-hydrogen) atoms. The summed E-state index contributed by atoms with van der Waals surface area (Å²) in [5.74, 6) is -2.97. The Morgan fingerprint density at radius 3 is 2.00 bits per heavy atom. The Hall–Kier alpha value is -1.90. The molecule has 0 aromatic carbocycles. The van der Waals surface area contributed by atoms with Crippen LogP contribution in [0.1, 0.15) is 111 Å². The molecule has 14 heteroatoms. The van der Waals surface area contributed by atoms with Gasteiger partial charge in [0.2, 0.25) is 27.7 Å². The monoisotopic (exact) mass is 691 g/mol. The second kappa shape index (κ2) is 18.7. The third-order valence-corrected chi connectivity index (χ3v) is 11.6. The van der Waals surface area contributed by atoms with Gasteiger partial charge in [-0.15, -0.1) is 0 Å². The molecule has 3 fully saturated rings. The van der Waals surface area contributed by atoms with Gasteiger partial charge in [-0.2, -0.15) is 0 Å². The van der Waals surface area contributed by atoms with Crippen LogP contribution < -0.4 is 15.9 Å². The van der Waals surface area contributed by atoms with E-state index in [0.29, 0.717) is 19.6 Å². The standard InChI is InChI=1S/C33H59F2N5O6S/c1-4-12-39(13-5-2)33(44)25-17-24(18-28(19-25)47(36,45)46)31(42)37-29(16-22-14-26(34)20-27(35)15-22)30(41)21-40(6-3)38-32(43)23-10-8-7-9-11-23/h22-30,41H,4-21H2,1-3H3,(H,37,42)(H,38,43)(H2,36,45,46). The largest absolute Gasteiger partial charge is 0.390 e. The van der Waals surface area contributed by atoms with Crippen LogP contribution in [-0.4, -0.2) is 97.1 Å². The molecule has 3 amide bonds. The van der Waals surface area contributed by atoms with Crippen LogP contribution in [0.5, 0.6) is 0 Å². The minimum atomic E-state index is -4.06. The number of sulfonamides is 1. The van der Waals surface area contributed by atoms with Crippen LogP contribution in [-0.2, 0) is 24.4 Å². The van der Waals surface area contributed by atoms with Gasteiger partial charge >= 0.3 is 0 Å². The zero-order valence-electron chi connectivity index (χ0n) is 28.5. The maximum Gasteiger partial charge on any atom is 0.237 e. The molecule has 3 saturated carbocycles. The molecular weight excluding hydrogens is 632 g/mol. The second-order valence-corrected chi connectivity index (χ2v) is 16.0. The Bertz CT molecular complexity index is 1110. The number of nitrogens with zero attached hydrogens (tertiary/aromatic N) is 2. The topological polar surface area (TPSA) is 162 Å². The quantitative estimate of drug-likeness (QED) is 0.181. The second-order valence-electron chi connectivity index (χ2n) is 14.2. The van der Waals surface area contributed by atoms with Gasteiger partial charge in [0.25, 0.3) is 0 Å². The lowest BCUT2D eigenvalue weighted by atomic mass is 9.79. The van der Waals surface area contributed by atoms with E-state index in [1.165, 1.54) is 0 Å². The number of hydrogen-bond donors (Lipinski definition) is 4. The van der Waals surface area contributed by atoms with E-state index >= 15 is 0 Å². The lowest BCUT2D eigenvalue weighted by molar-refractivity contribution is -0.139. The molecule has 0 saturated heterocycles. The first-order valence-electron chi connectivity index (χ1n) is 17.9. The highest BCUT2D eigenvalue weighted by Crippen LogP contribution is 2.35. The SMILES string of the molecule is CCCN(CCC)C(=O)C1CC(C(=O)NC(CC2CC(F)CC(F)C2)C(O)CN(CC)NC(=O)C2CCCCC2)CC(S(N)(=O)=O)C1. The van der Waals surface area contributed by atoms with Crippen molar-refractivity contribution in [2.75, 3.05) is 26.2 Å². The summed E-state index contributed by atoms with van der Waals surface area (Å²) in [4.78, 5) is 42.1.